The van der Waals surface area contributed by atoms with Crippen molar-refractivity contribution in [2.24, 2.45) is 0 Å². The average Bonchev–Trinajstić information content (AvgIpc) is 2.37. The molecule has 1 aliphatic heterocycles. The molecular formula is C16H23ClN2. The SMILES string of the molecule is C=C(CC)N1CCN(c2ccc(C)cc2Cl)CC1C. The van der Waals surface area contributed by atoms with Gasteiger partial charge in [0, 0.05) is 31.4 Å². The molecule has 19 heavy (non-hydrogen) atoms. The van der Waals surface area contributed by atoms with Crippen LogP contribution in [-0.2, 0) is 0 Å². The number of nitrogens with zero attached hydrogens (tertiary/aromatic N) is 2. The molecule has 1 atom stereocenters. The summed E-state index contributed by atoms with van der Waals surface area (Å²) in [6, 6.07) is 6.79. The van der Waals surface area contributed by atoms with Gasteiger partial charge in [0.15, 0.2) is 0 Å². The van der Waals surface area contributed by atoms with E-state index in [1.807, 2.05) is 6.07 Å². The van der Waals surface area contributed by atoms with Crippen molar-refractivity contribution >= 4 is 17.3 Å². The smallest absolute Gasteiger partial charge is 0.0642 e. The Hall–Kier alpha value is -1.15. The van der Waals surface area contributed by atoms with Crippen LogP contribution in [0.1, 0.15) is 25.8 Å². The number of anilines is 1. The maximum atomic E-state index is 6.36. The summed E-state index contributed by atoms with van der Waals surface area (Å²) in [5.41, 5.74) is 3.60. The van der Waals surface area contributed by atoms with Crippen LogP contribution in [-0.4, -0.2) is 30.6 Å². The zero-order chi connectivity index (χ0) is 14.0. The molecule has 0 aromatic heterocycles. The van der Waals surface area contributed by atoms with Gasteiger partial charge in [-0.3, -0.25) is 0 Å². The van der Waals surface area contributed by atoms with Crippen molar-refractivity contribution in [3.63, 3.8) is 0 Å². The quantitative estimate of drug-likeness (QED) is 0.822. The highest BCUT2D eigenvalue weighted by molar-refractivity contribution is 6.33. The van der Waals surface area contributed by atoms with Gasteiger partial charge in [-0.2, -0.15) is 0 Å². The third kappa shape index (κ3) is 3.06. The molecule has 104 valence electrons. The number of halogens is 1. The highest BCUT2D eigenvalue weighted by Gasteiger charge is 2.24. The normalized spacial score (nSPS) is 19.7. The van der Waals surface area contributed by atoms with Gasteiger partial charge in [-0.05, 0) is 38.0 Å². The van der Waals surface area contributed by atoms with Crippen molar-refractivity contribution in [2.75, 3.05) is 24.5 Å². The van der Waals surface area contributed by atoms with Gasteiger partial charge in [-0.15, -0.1) is 0 Å². The van der Waals surface area contributed by atoms with Gasteiger partial charge in [0.05, 0.1) is 10.7 Å². The van der Waals surface area contributed by atoms with Crippen LogP contribution in [0.5, 0.6) is 0 Å². The second kappa shape index (κ2) is 5.87. The zero-order valence-corrected chi connectivity index (χ0v) is 12.9. The van der Waals surface area contributed by atoms with Gasteiger partial charge >= 0.3 is 0 Å². The fraction of sp³-hybridized carbons (Fsp3) is 0.500. The van der Waals surface area contributed by atoms with Crippen LogP contribution < -0.4 is 4.90 Å². The lowest BCUT2D eigenvalue weighted by molar-refractivity contribution is 0.238. The Labute approximate surface area is 121 Å². The molecule has 0 bridgehead atoms. The van der Waals surface area contributed by atoms with Crippen molar-refractivity contribution in [2.45, 2.75) is 33.2 Å². The minimum Gasteiger partial charge on any atom is -0.369 e. The van der Waals surface area contributed by atoms with E-state index in [1.165, 1.54) is 11.3 Å². The van der Waals surface area contributed by atoms with Crippen molar-refractivity contribution < 1.29 is 0 Å². The number of hydrogen-bond donors (Lipinski definition) is 0. The van der Waals surface area contributed by atoms with E-state index in [9.17, 15) is 0 Å². The summed E-state index contributed by atoms with van der Waals surface area (Å²) in [4.78, 5) is 4.80. The Morgan fingerprint density at radius 2 is 2.16 bits per heavy atom. The molecule has 1 unspecified atom stereocenters. The van der Waals surface area contributed by atoms with Gasteiger partial charge < -0.3 is 9.80 Å². The number of hydrogen-bond acceptors (Lipinski definition) is 2. The first kappa shape index (κ1) is 14.3. The molecule has 0 N–H and O–H groups in total. The largest absolute Gasteiger partial charge is 0.369 e. The third-order valence-electron chi connectivity index (χ3n) is 3.89. The molecule has 2 rings (SSSR count). The lowest BCUT2D eigenvalue weighted by Crippen LogP contribution is -2.51. The maximum Gasteiger partial charge on any atom is 0.0642 e. The van der Waals surface area contributed by atoms with Crippen LogP contribution in [0.4, 0.5) is 5.69 Å². The first-order chi connectivity index (χ1) is 9.02. The van der Waals surface area contributed by atoms with Gasteiger partial charge in [-0.25, -0.2) is 0 Å². The monoisotopic (exact) mass is 278 g/mol. The predicted octanol–water partition coefficient (Wildman–Crippen LogP) is 4.08. The molecule has 0 saturated carbocycles. The average molecular weight is 279 g/mol. The first-order valence-electron chi connectivity index (χ1n) is 6.98. The van der Waals surface area contributed by atoms with Gasteiger partial charge in [0.25, 0.3) is 0 Å². The minimum absolute atomic E-state index is 0.485. The van der Waals surface area contributed by atoms with E-state index in [0.717, 1.165) is 36.8 Å². The second-order valence-electron chi connectivity index (χ2n) is 5.36. The van der Waals surface area contributed by atoms with E-state index in [-0.39, 0.29) is 0 Å². The molecule has 0 spiro atoms. The number of rotatable bonds is 3. The van der Waals surface area contributed by atoms with Crippen LogP contribution in [0.2, 0.25) is 5.02 Å². The molecule has 3 heteroatoms. The van der Waals surface area contributed by atoms with Crippen molar-refractivity contribution in [1.29, 1.82) is 0 Å². The molecule has 1 fully saturated rings. The Balaban J connectivity index is 2.11. The topological polar surface area (TPSA) is 6.48 Å². The van der Waals surface area contributed by atoms with Gasteiger partial charge in [0.2, 0.25) is 0 Å². The van der Waals surface area contributed by atoms with Crippen LogP contribution in [0.25, 0.3) is 0 Å². The van der Waals surface area contributed by atoms with E-state index in [0.29, 0.717) is 6.04 Å². The van der Waals surface area contributed by atoms with Crippen LogP contribution in [0.3, 0.4) is 0 Å². The summed E-state index contributed by atoms with van der Waals surface area (Å²) in [7, 11) is 0. The molecule has 1 aromatic carbocycles. The summed E-state index contributed by atoms with van der Waals surface area (Å²) < 4.78 is 0. The number of allylic oxidation sites excluding steroid dienone is 1. The van der Waals surface area contributed by atoms with Crippen molar-refractivity contribution in [1.82, 2.24) is 4.90 Å². The summed E-state index contributed by atoms with van der Waals surface area (Å²) in [6.45, 7) is 13.7. The highest BCUT2D eigenvalue weighted by atomic mass is 35.5. The van der Waals surface area contributed by atoms with E-state index in [4.69, 9.17) is 11.6 Å². The Kier molecular flexibility index (Phi) is 4.41. The number of piperazine rings is 1. The van der Waals surface area contributed by atoms with E-state index >= 15 is 0 Å². The molecule has 1 saturated heterocycles. The Bertz CT molecular complexity index is 470. The Morgan fingerprint density at radius 3 is 2.74 bits per heavy atom. The fourth-order valence-electron chi connectivity index (χ4n) is 2.72. The standard InChI is InChI=1S/C16H23ClN2/c1-5-13(3)19-9-8-18(11-14(19)4)16-7-6-12(2)10-15(16)17/h6-7,10,14H,3,5,8-9,11H2,1-2,4H3. The van der Waals surface area contributed by atoms with E-state index < -0.39 is 0 Å². The molecule has 0 aliphatic carbocycles. The Morgan fingerprint density at radius 1 is 1.42 bits per heavy atom. The highest BCUT2D eigenvalue weighted by Crippen LogP contribution is 2.29. The minimum atomic E-state index is 0.485. The molecule has 0 amide bonds. The van der Waals surface area contributed by atoms with Gasteiger partial charge in [0.1, 0.15) is 0 Å². The van der Waals surface area contributed by atoms with Crippen molar-refractivity contribution in [3.05, 3.63) is 41.1 Å². The summed E-state index contributed by atoms with van der Waals surface area (Å²) in [6.07, 6.45) is 1.02. The first-order valence-corrected chi connectivity index (χ1v) is 7.36. The summed E-state index contributed by atoms with van der Waals surface area (Å²) in [5, 5.41) is 0.856. The second-order valence-corrected chi connectivity index (χ2v) is 5.77. The molecule has 1 aliphatic rings. The predicted molar refractivity (Wildman–Crippen MR) is 84.0 cm³/mol. The molecular weight excluding hydrogens is 256 g/mol. The van der Waals surface area contributed by atoms with E-state index in [1.54, 1.807) is 0 Å². The number of benzene rings is 1. The van der Waals surface area contributed by atoms with Crippen LogP contribution in [0.15, 0.2) is 30.5 Å². The molecule has 1 aromatic rings. The maximum absolute atomic E-state index is 6.36. The summed E-state index contributed by atoms with van der Waals surface area (Å²) in [5.74, 6) is 0. The lowest BCUT2D eigenvalue weighted by atomic mass is 10.1. The van der Waals surface area contributed by atoms with Crippen LogP contribution >= 0.6 is 11.6 Å². The zero-order valence-electron chi connectivity index (χ0n) is 12.1. The van der Waals surface area contributed by atoms with Crippen LogP contribution in [0, 0.1) is 6.92 Å². The summed E-state index contributed by atoms with van der Waals surface area (Å²) >= 11 is 6.36. The fourth-order valence-corrected chi connectivity index (χ4v) is 3.07. The lowest BCUT2D eigenvalue weighted by Gasteiger charge is -2.43. The van der Waals surface area contributed by atoms with Gasteiger partial charge in [-0.1, -0.05) is 31.2 Å². The molecule has 0 radical (unpaired) electrons. The molecule has 1 heterocycles. The van der Waals surface area contributed by atoms with E-state index in [2.05, 4.69) is 49.3 Å². The third-order valence-corrected chi connectivity index (χ3v) is 4.19. The number of aryl methyl sites for hydroxylation is 1. The van der Waals surface area contributed by atoms with Crippen molar-refractivity contribution in [3.8, 4) is 0 Å². The molecule has 2 nitrogen and oxygen atoms in total.